The molecule has 1 unspecified atom stereocenters. The summed E-state index contributed by atoms with van der Waals surface area (Å²) in [6, 6.07) is 0. The van der Waals surface area contributed by atoms with E-state index in [1.54, 1.807) is 11.8 Å². The molecule has 0 aromatic heterocycles. The van der Waals surface area contributed by atoms with Crippen LogP contribution in [0.5, 0.6) is 0 Å². The lowest BCUT2D eigenvalue weighted by Gasteiger charge is -1.93. The average Bonchev–Trinajstić information content (AvgIpc) is 1.86. The number of hydrogen-bond donors (Lipinski definition) is 2. The van der Waals surface area contributed by atoms with Gasteiger partial charge in [0.1, 0.15) is 6.23 Å². The van der Waals surface area contributed by atoms with Crippen LogP contribution in [0.2, 0.25) is 0 Å². The third kappa shape index (κ3) is 2.54. The Hall–Kier alpha value is 0.750. The van der Waals surface area contributed by atoms with E-state index in [0.29, 0.717) is 0 Å². The van der Waals surface area contributed by atoms with Crippen molar-refractivity contribution in [3.05, 3.63) is 0 Å². The first-order valence-electron chi connectivity index (χ1n) is 1.89. The molecule has 0 amide bonds. The molecule has 1 saturated heterocycles. The van der Waals surface area contributed by atoms with Gasteiger partial charge < -0.3 is 5.11 Å². The maximum Gasteiger partial charge on any atom is 0.114 e. The maximum atomic E-state index is 8.60. The Labute approximate surface area is 57.4 Å². The van der Waals surface area contributed by atoms with Crippen LogP contribution in [0.1, 0.15) is 0 Å². The third-order valence-electron chi connectivity index (χ3n) is 0.697. The number of rotatable bonds is 0. The summed E-state index contributed by atoms with van der Waals surface area (Å²) in [6.07, 6.45) is -0.241. The molecular weight excluding hydrogens is 178 g/mol. The van der Waals surface area contributed by atoms with Crippen LogP contribution in [0.15, 0.2) is 0 Å². The van der Waals surface area contributed by atoms with Crippen molar-refractivity contribution in [2.75, 3.05) is 11.6 Å². The Morgan fingerprint density at radius 2 is 2.43 bits per heavy atom. The SMILES string of the molecule is Br.OC1CSCN1. The number of aliphatic hydroxyl groups excluding tert-OH is 1. The van der Waals surface area contributed by atoms with Crippen molar-refractivity contribution in [2.24, 2.45) is 0 Å². The normalized spacial score (nSPS) is 29.6. The van der Waals surface area contributed by atoms with Gasteiger partial charge in [0, 0.05) is 11.6 Å². The van der Waals surface area contributed by atoms with E-state index in [2.05, 4.69) is 5.32 Å². The Morgan fingerprint density at radius 3 is 2.57 bits per heavy atom. The van der Waals surface area contributed by atoms with Gasteiger partial charge in [-0.25, -0.2) is 0 Å². The van der Waals surface area contributed by atoms with E-state index in [0.717, 1.165) is 11.6 Å². The van der Waals surface area contributed by atoms with Crippen molar-refractivity contribution in [3.63, 3.8) is 0 Å². The van der Waals surface area contributed by atoms with Crippen molar-refractivity contribution >= 4 is 28.7 Å². The fraction of sp³-hybridized carbons (Fsp3) is 1.00. The molecule has 1 heterocycles. The van der Waals surface area contributed by atoms with E-state index in [1.165, 1.54) is 0 Å². The summed E-state index contributed by atoms with van der Waals surface area (Å²) >= 11 is 1.72. The minimum Gasteiger partial charge on any atom is -0.378 e. The number of hydrogen-bond acceptors (Lipinski definition) is 3. The molecule has 4 heteroatoms. The summed E-state index contributed by atoms with van der Waals surface area (Å²) in [7, 11) is 0. The van der Waals surface area contributed by atoms with Crippen LogP contribution in [0.4, 0.5) is 0 Å². The highest BCUT2D eigenvalue weighted by atomic mass is 79.9. The van der Waals surface area contributed by atoms with Crippen LogP contribution in [0.3, 0.4) is 0 Å². The van der Waals surface area contributed by atoms with Crippen molar-refractivity contribution in [2.45, 2.75) is 6.23 Å². The standard InChI is InChI=1S/C3H7NOS.BrH/c5-3-1-6-2-4-3;/h3-5H,1-2H2;1H. The average molecular weight is 186 g/mol. The second-order valence-corrected chi connectivity index (χ2v) is 2.27. The van der Waals surface area contributed by atoms with E-state index in [1.807, 2.05) is 0 Å². The van der Waals surface area contributed by atoms with Gasteiger partial charge in [-0.3, -0.25) is 5.32 Å². The van der Waals surface area contributed by atoms with E-state index < -0.39 is 0 Å². The van der Waals surface area contributed by atoms with Crippen LogP contribution in [0, 0.1) is 0 Å². The first kappa shape index (κ1) is 7.75. The summed E-state index contributed by atoms with van der Waals surface area (Å²) < 4.78 is 0. The zero-order valence-corrected chi connectivity index (χ0v) is 6.28. The molecule has 0 radical (unpaired) electrons. The fourth-order valence-electron chi connectivity index (χ4n) is 0.385. The highest BCUT2D eigenvalue weighted by molar-refractivity contribution is 8.93. The molecule has 1 rings (SSSR count). The van der Waals surface area contributed by atoms with Gasteiger partial charge in [-0.05, 0) is 0 Å². The molecular formula is C3H8BrNOS. The molecule has 7 heavy (non-hydrogen) atoms. The predicted octanol–water partition coefficient (Wildman–Crippen LogP) is 0.177. The second-order valence-electron chi connectivity index (χ2n) is 1.24. The van der Waals surface area contributed by atoms with Crippen LogP contribution in [-0.4, -0.2) is 23.0 Å². The molecule has 2 nitrogen and oxygen atoms in total. The van der Waals surface area contributed by atoms with E-state index in [4.69, 9.17) is 5.11 Å². The Bertz CT molecular complexity index is 48.2. The predicted molar refractivity (Wildman–Crippen MR) is 36.8 cm³/mol. The van der Waals surface area contributed by atoms with Gasteiger partial charge in [-0.1, -0.05) is 0 Å². The lowest BCUT2D eigenvalue weighted by molar-refractivity contribution is 0.176. The van der Waals surface area contributed by atoms with Gasteiger partial charge in [-0.2, -0.15) is 0 Å². The molecule has 0 aliphatic carbocycles. The molecule has 0 aromatic carbocycles. The van der Waals surface area contributed by atoms with Crippen molar-refractivity contribution in [1.82, 2.24) is 5.32 Å². The smallest absolute Gasteiger partial charge is 0.114 e. The number of nitrogens with one attached hydrogen (secondary N) is 1. The monoisotopic (exact) mass is 185 g/mol. The first-order chi connectivity index (χ1) is 2.89. The van der Waals surface area contributed by atoms with Crippen LogP contribution >= 0.6 is 28.7 Å². The Morgan fingerprint density at radius 1 is 1.71 bits per heavy atom. The van der Waals surface area contributed by atoms with Crippen LogP contribution < -0.4 is 5.32 Å². The van der Waals surface area contributed by atoms with Gasteiger partial charge in [0.05, 0.1) is 0 Å². The zero-order chi connectivity index (χ0) is 4.41. The molecule has 2 N–H and O–H groups in total. The third-order valence-corrected chi connectivity index (χ3v) is 1.62. The summed E-state index contributed by atoms with van der Waals surface area (Å²) in [5, 5.41) is 11.4. The van der Waals surface area contributed by atoms with E-state index in [9.17, 15) is 0 Å². The van der Waals surface area contributed by atoms with Crippen LogP contribution in [0.25, 0.3) is 0 Å². The Kier molecular flexibility index (Phi) is 4.11. The van der Waals surface area contributed by atoms with Gasteiger partial charge >= 0.3 is 0 Å². The van der Waals surface area contributed by atoms with Gasteiger partial charge in [-0.15, -0.1) is 28.7 Å². The van der Waals surface area contributed by atoms with Crippen molar-refractivity contribution in [1.29, 1.82) is 0 Å². The quantitative estimate of drug-likeness (QED) is 0.565. The minimum absolute atomic E-state index is 0. The lowest BCUT2D eigenvalue weighted by atomic mass is 10.7. The van der Waals surface area contributed by atoms with Crippen molar-refractivity contribution in [3.8, 4) is 0 Å². The molecule has 0 aromatic rings. The summed E-state index contributed by atoms with van der Waals surface area (Å²) in [5.74, 6) is 1.75. The lowest BCUT2D eigenvalue weighted by Crippen LogP contribution is -2.21. The summed E-state index contributed by atoms with van der Waals surface area (Å²) in [4.78, 5) is 0. The number of thioether (sulfide) groups is 1. The molecule has 1 atom stereocenters. The maximum absolute atomic E-state index is 8.60. The summed E-state index contributed by atoms with van der Waals surface area (Å²) in [5.41, 5.74) is 0. The van der Waals surface area contributed by atoms with E-state index >= 15 is 0 Å². The van der Waals surface area contributed by atoms with Gasteiger partial charge in [0.2, 0.25) is 0 Å². The highest BCUT2D eigenvalue weighted by Crippen LogP contribution is 2.05. The molecule has 1 aliphatic heterocycles. The minimum atomic E-state index is -0.241. The fourth-order valence-corrected chi connectivity index (χ4v) is 1.15. The zero-order valence-electron chi connectivity index (χ0n) is 3.76. The van der Waals surface area contributed by atoms with Crippen molar-refractivity contribution < 1.29 is 5.11 Å². The Balaban J connectivity index is 0.000000360. The molecule has 1 fully saturated rings. The molecule has 0 bridgehead atoms. The molecule has 0 spiro atoms. The first-order valence-corrected chi connectivity index (χ1v) is 3.04. The topological polar surface area (TPSA) is 32.3 Å². The van der Waals surface area contributed by atoms with Gasteiger partial charge in [0.15, 0.2) is 0 Å². The molecule has 0 saturated carbocycles. The molecule has 1 aliphatic rings. The van der Waals surface area contributed by atoms with Crippen LogP contribution in [-0.2, 0) is 0 Å². The van der Waals surface area contributed by atoms with Gasteiger partial charge in [0.25, 0.3) is 0 Å². The molecule has 44 valence electrons. The highest BCUT2D eigenvalue weighted by Gasteiger charge is 2.07. The van der Waals surface area contributed by atoms with E-state index in [-0.39, 0.29) is 23.2 Å². The summed E-state index contributed by atoms with van der Waals surface area (Å²) in [6.45, 7) is 0. The largest absolute Gasteiger partial charge is 0.378 e. The number of halogens is 1. The number of aliphatic hydroxyl groups is 1. The second kappa shape index (κ2) is 3.72.